The van der Waals surface area contributed by atoms with Gasteiger partial charge in [0.1, 0.15) is 0 Å². The van der Waals surface area contributed by atoms with E-state index in [0.717, 1.165) is 22.3 Å². The first-order valence-corrected chi connectivity index (χ1v) is 10.0. The Labute approximate surface area is 158 Å². The van der Waals surface area contributed by atoms with Gasteiger partial charge in [0.25, 0.3) is 10.0 Å². The predicted molar refractivity (Wildman–Crippen MR) is 105 cm³/mol. The second-order valence-corrected chi connectivity index (χ2v) is 8.23. The van der Waals surface area contributed by atoms with E-state index in [1.165, 1.54) is 0 Å². The summed E-state index contributed by atoms with van der Waals surface area (Å²) in [5, 5.41) is 0. The van der Waals surface area contributed by atoms with E-state index in [-0.39, 0.29) is 11.7 Å². The molecule has 138 valence electrons. The highest BCUT2D eigenvalue weighted by Crippen LogP contribution is 2.42. The van der Waals surface area contributed by atoms with Crippen molar-refractivity contribution in [2.24, 2.45) is 0 Å². The molecule has 0 saturated heterocycles. The largest absolute Gasteiger partial charge is 0.454 e. The van der Waals surface area contributed by atoms with Crippen molar-refractivity contribution in [3.05, 3.63) is 71.8 Å². The smallest absolute Gasteiger partial charge is 0.261 e. The average Bonchev–Trinajstić information content (AvgIpc) is 3.08. The van der Waals surface area contributed by atoms with Gasteiger partial charge in [0.2, 0.25) is 6.79 Å². The molecule has 0 saturated carbocycles. The number of fused-ring (bicyclic) bond motifs is 1. The number of anilines is 1. The van der Waals surface area contributed by atoms with Crippen LogP contribution in [0.3, 0.4) is 0 Å². The fourth-order valence-electron chi connectivity index (χ4n) is 3.20. The summed E-state index contributed by atoms with van der Waals surface area (Å²) in [6.07, 6.45) is 0. The average molecular weight is 381 g/mol. The zero-order valence-electron chi connectivity index (χ0n) is 15.0. The van der Waals surface area contributed by atoms with Gasteiger partial charge in [0.05, 0.1) is 10.6 Å². The van der Waals surface area contributed by atoms with E-state index in [9.17, 15) is 8.42 Å². The van der Waals surface area contributed by atoms with Crippen LogP contribution >= 0.6 is 0 Å². The first kappa shape index (κ1) is 17.4. The fraction of sp³-hybridized carbons (Fsp3) is 0.143. The lowest BCUT2D eigenvalue weighted by atomic mass is 9.99. The molecule has 5 nitrogen and oxygen atoms in total. The second-order valence-electron chi connectivity index (χ2n) is 6.55. The first-order valence-electron chi connectivity index (χ1n) is 8.52. The minimum atomic E-state index is -3.73. The highest BCUT2D eigenvalue weighted by Gasteiger charge is 2.22. The van der Waals surface area contributed by atoms with E-state index in [1.807, 2.05) is 32.0 Å². The molecule has 0 fully saturated rings. The van der Waals surface area contributed by atoms with Crippen LogP contribution in [0, 0.1) is 13.8 Å². The Kier molecular flexibility index (Phi) is 4.28. The van der Waals surface area contributed by atoms with E-state index >= 15 is 0 Å². The molecule has 27 heavy (non-hydrogen) atoms. The van der Waals surface area contributed by atoms with Gasteiger partial charge >= 0.3 is 0 Å². The molecule has 0 bridgehead atoms. The zero-order valence-corrected chi connectivity index (χ0v) is 15.8. The molecule has 0 radical (unpaired) electrons. The molecular formula is C21H19NO4S. The maximum atomic E-state index is 12.8. The standard InChI is InChI=1S/C21H19NO4S/c1-14-8-15(2)10-16(9-14)18-11-20-21(26-13-25-20)12-19(18)22-27(23,24)17-6-4-3-5-7-17/h3-12,22H,13H2,1-2H3. The van der Waals surface area contributed by atoms with Gasteiger partial charge in [-0.15, -0.1) is 0 Å². The molecule has 1 aliphatic rings. The monoisotopic (exact) mass is 381 g/mol. The molecule has 0 aromatic heterocycles. The third-order valence-electron chi connectivity index (χ3n) is 4.34. The van der Waals surface area contributed by atoms with Gasteiger partial charge in [-0.25, -0.2) is 8.42 Å². The molecule has 1 heterocycles. The summed E-state index contributed by atoms with van der Waals surface area (Å²) < 4.78 is 39.3. The van der Waals surface area contributed by atoms with Crippen LogP contribution in [0.4, 0.5) is 5.69 Å². The molecule has 1 aliphatic heterocycles. The summed E-state index contributed by atoms with van der Waals surface area (Å²) in [5.74, 6) is 1.13. The Morgan fingerprint density at radius 1 is 0.852 bits per heavy atom. The van der Waals surface area contributed by atoms with E-state index in [0.29, 0.717) is 17.2 Å². The number of sulfonamides is 1. The lowest BCUT2D eigenvalue weighted by molar-refractivity contribution is 0.174. The number of benzene rings is 3. The van der Waals surface area contributed by atoms with Crippen molar-refractivity contribution in [2.45, 2.75) is 18.7 Å². The van der Waals surface area contributed by atoms with Gasteiger partial charge in [-0.3, -0.25) is 4.72 Å². The summed E-state index contributed by atoms with van der Waals surface area (Å²) in [6.45, 7) is 4.14. The topological polar surface area (TPSA) is 64.6 Å². The van der Waals surface area contributed by atoms with Crippen LogP contribution in [0.5, 0.6) is 11.5 Å². The van der Waals surface area contributed by atoms with E-state index in [1.54, 1.807) is 36.4 Å². The Morgan fingerprint density at radius 2 is 1.48 bits per heavy atom. The summed E-state index contributed by atoms with van der Waals surface area (Å²) in [7, 11) is -3.73. The fourth-order valence-corrected chi connectivity index (χ4v) is 4.29. The van der Waals surface area contributed by atoms with E-state index in [4.69, 9.17) is 9.47 Å². The Morgan fingerprint density at radius 3 is 2.15 bits per heavy atom. The summed E-state index contributed by atoms with van der Waals surface area (Å²) in [4.78, 5) is 0.203. The van der Waals surface area contributed by atoms with Gasteiger partial charge in [-0.1, -0.05) is 47.5 Å². The molecule has 1 N–H and O–H groups in total. The summed E-state index contributed by atoms with van der Waals surface area (Å²) in [5.41, 5.74) is 4.30. The molecule has 6 heteroatoms. The van der Waals surface area contributed by atoms with Crippen LogP contribution in [0.2, 0.25) is 0 Å². The Hall–Kier alpha value is -2.99. The van der Waals surface area contributed by atoms with Gasteiger partial charge in [-0.05, 0) is 37.6 Å². The highest BCUT2D eigenvalue weighted by molar-refractivity contribution is 7.92. The first-order chi connectivity index (χ1) is 12.9. The maximum absolute atomic E-state index is 12.8. The summed E-state index contributed by atoms with van der Waals surface area (Å²) >= 11 is 0. The summed E-state index contributed by atoms with van der Waals surface area (Å²) in [6, 6.07) is 17.9. The normalized spacial score (nSPS) is 12.8. The molecule has 0 aliphatic carbocycles. The number of hydrogen-bond donors (Lipinski definition) is 1. The number of nitrogens with one attached hydrogen (secondary N) is 1. The molecule has 0 unspecified atom stereocenters. The van der Waals surface area contributed by atoms with Crippen LogP contribution in [-0.2, 0) is 10.0 Å². The lowest BCUT2D eigenvalue weighted by Crippen LogP contribution is -2.13. The minimum absolute atomic E-state index is 0.122. The van der Waals surface area contributed by atoms with Crippen LogP contribution in [0.1, 0.15) is 11.1 Å². The van der Waals surface area contributed by atoms with Crippen molar-refractivity contribution < 1.29 is 17.9 Å². The predicted octanol–water partition coefficient (Wildman–Crippen LogP) is 4.50. The Bertz CT molecular complexity index is 1090. The number of hydrogen-bond acceptors (Lipinski definition) is 4. The number of aryl methyl sites for hydroxylation is 2. The van der Waals surface area contributed by atoms with Crippen molar-refractivity contribution in [1.29, 1.82) is 0 Å². The van der Waals surface area contributed by atoms with Crippen LogP contribution in [0.15, 0.2) is 65.6 Å². The second kappa shape index (κ2) is 6.63. The molecule has 0 amide bonds. The van der Waals surface area contributed by atoms with Crippen LogP contribution < -0.4 is 14.2 Å². The van der Waals surface area contributed by atoms with Gasteiger partial charge in [0.15, 0.2) is 11.5 Å². The van der Waals surface area contributed by atoms with Crippen molar-refractivity contribution in [3.63, 3.8) is 0 Å². The minimum Gasteiger partial charge on any atom is -0.454 e. The third kappa shape index (κ3) is 3.48. The van der Waals surface area contributed by atoms with Gasteiger partial charge in [0, 0.05) is 11.6 Å². The third-order valence-corrected chi connectivity index (χ3v) is 5.72. The molecular weight excluding hydrogens is 362 g/mol. The molecule has 0 atom stereocenters. The number of ether oxygens (including phenoxy) is 2. The maximum Gasteiger partial charge on any atom is 0.261 e. The molecule has 3 aromatic carbocycles. The van der Waals surface area contributed by atoms with Crippen molar-refractivity contribution >= 4 is 15.7 Å². The van der Waals surface area contributed by atoms with Crippen molar-refractivity contribution in [1.82, 2.24) is 0 Å². The SMILES string of the molecule is Cc1cc(C)cc(-c2cc3c(cc2NS(=O)(=O)c2ccccc2)OCO3)c1. The van der Waals surface area contributed by atoms with Crippen molar-refractivity contribution in [3.8, 4) is 22.6 Å². The van der Waals surface area contributed by atoms with Crippen molar-refractivity contribution in [2.75, 3.05) is 11.5 Å². The number of rotatable bonds is 4. The van der Waals surface area contributed by atoms with Crippen LogP contribution in [-0.4, -0.2) is 15.2 Å². The molecule has 0 spiro atoms. The van der Waals surface area contributed by atoms with E-state index in [2.05, 4.69) is 10.8 Å². The molecule has 4 rings (SSSR count). The van der Waals surface area contributed by atoms with E-state index < -0.39 is 10.0 Å². The van der Waals surface area contributed by atoms with Gasteiger partial charge < -0.3 is 9.47 Å². The Balaban J connectivity index is 1.85. The quantitative estimate of drug-likeness (QED) is 0.723. The molecule has 3 aromatic rings. The van der Waals surface area contributed by atoms with Gasteiger partial charge in [-0.2, -0.15) is 0 Å². The zero-order chi connectivity index (χ0) is 19.0. The van der Waals surface area contributed by atoms with Crippen LogP contribution in [0.25, 0.3) is 11.1 Å². The lowest BCUT2D eigenvalue weighted by Gasteiger charge is -2.15. The highest BCUT2D eigenvalue weighted by atomic mass is 32.2.